The van der Waals surface area contributed by atoms with Crippen molar-refractivity contribution >= 4 is 22.1 Å². The Hall–Kier alpha value is -0.250. The van der Waals surface area contributed by atoms with Gasteiger partial charge in [-0.15, -0.1) is 0 Å². The first-order chi connectivity index (χ1) is 2.77. The Bertz CT molecular complexity index is 52.8. The van der Waals surface area contributed by atoms with Gasteiger partial charge in [0.25, 0.3) is 0 Å². The van der Waals surface area contributed by atoms with E-state index < -0.39 is 6.16 Å². The molecule has 3 nitrogen and oxygen atoms in total. The molecule has 0 bridgehead atoms. The molecule has 0 spiro atoms. The van der Waals surface area contributed by atoms with E-state index in [0.29, 0.717) is 0 Å². The molecule has 0 amide bonds. The molecule has 6 heavy (non-hydrogen) atoms. The molecule has 0 saturated carbocycles. The average molecular weight is 154 g/mol. The van der Waals surface area contributed by atoms with Gasteiger partial charge in [0.05, 0.1) is 0 Å². The summed E-state index contributed by atoms with van der Waals surface area (Å²) in [5.74, 6) is 0. The van der Waals surface area contributed by atoms with Crippen LogP contribution in [0, 0.1) is 0 Å². The minimum atomic E-state index is -1.51. The summed E-state index contributed by atoms with van der Waals surface area (Å²) >= 11 is 2.71. The molecule has 1 radical (unpaired) electrons. The van der Waals surface area contributed by atoms with Gasteiger partial charge in [-0.3, -0.25) is 0 Å². The first kappa shape index (κ1) is 5.75. The second-order valence-electron chi connectivity index (χ2n) is 0.503. The summed E-state index contributed by atoms with van der Waals surface area (Å²) in [4.78, 5) is 9.24. The fourth-order valence-corrected chi connectivity index (χ4v) is 0.231. The third-order valence-corrected chi connectivity index (χ3v) is 0.401. The van der Waals surface area contributed by atoms with Crippen molar-refractivity contribution in [1.82, 2.24) is 0 Å². The van der Waals surface area contributed by atoms with E-state index in [-0.39, 0.29) is 5.52 Å². The van der Waals surface area contributed by atoms with Crippen molar-refractivity contribution in [3.05, 3.63) is 0 Å². The maximum atomic E-state index is 9.24. The monoisotopic (exact) mass is 153 g/mol. The number of ether oxygens (including phenoxy) is 1. The second kappa shape index (κ2) is 2.96. The Morgan fingerprint density at radius 2 is 2.33 bits per heavy atom. The number of hydrogen-bond donors (Lipinski definition) is 0. The van der Waals surface area contributed by atoms with Gasteiger partial charge >= 0.3 is 6.16 Å². The Labute approximate surface area is 43.0 Å². The van der Waals surface area contributed by atoms with Gasteiger partial charge in [-0.05, 0) is 15.9 Å². The van der Waals surface area contributed by atoms with E-state index in [0.717, 1.165) is 0 Å². The van der Waals surface area contributed by atoms with Gasteiger partial charge in [0.15, 0.2) is 0 Å². The maximum Gasteiger partial charge on any atom is 0.550 e. The quantitative estimate of drug-likeness (QED) is 0.416. The van der Waals surface area contributed by atoms with Crippen molar-refractivity contribution in [1.29, 1.82) is 0 Å². The predicted octanol–water partition coefficient (Wildman–Crippen LogP) is 0.906. The van der Waals surface area contributed by atoms with Gasteiger partial charge in [-0.2, -0.15) is 9.90 Å². The molecule has 0 N–H and O–H groups in total. The molecule has 0 fully saturated rings. The SMILES string of the molecule is [O]C(=O)OCBr. The molecule has 0 atom stereocenters. The van der Waals surface area contributed by atoms with E-state index in [1.165, 1.54) is 0 Å². The summed E-state index contributed by atoms with van der Waals surface area (Å²) < 4.78 is 3.76. The molecule has 0 aliphatic carbocycles. The zero-order chi connectivity index (χ0) is 4.99. The lowest BCUT2D eigenvalue weighted by atomic mass is 11.4. The maximum absolute atomic E-state index is 9.24. The van der Waals surface area contributed by atoms with Crippen LogP contribution in [-0.2, 0) is 9.84 Å². The lowest BCUT2D eigenvalue weighted by molar-refractivity contribution is 0.0841. The number of carbonyl (C=O) groups is 1. The van der Waals surface area contributed by atoms with Crippen LogP contribution >= 0.6 is 15.9 Å². The summed E-state index contributed by atoms with van der Waals surface area (Å²) in [6.45, 7) is 0. The van der Waals surface area contributed by atoms with Crippen LogP contribution in [-0.4, -0.2) is 11.7 Å². The summed E-state index contributed by atoms with van der Waals surface area (Å²) in [6, 6.07) is 0. The summed E-state index contributed by atoms with van der Waals surface area (Å²) in [7, 11) is 0. The summed E-state index contributed by atoms with van der Waals surface area (Å²) in [6.07, 6.45) is -1.51. The van der Waals surface area contributed by atoms with Crippen LogP contribution in [0.3, 0.4) is 0 Å². The highest BCUT2D eigenvalue weighted by atomic mass is 79.9. The van der Waals surface area contributed by atoms with Crippen LogP contribution in [0.1, 0.15) is 0 Å². The molecule has 0 aromatic heterocycles. The topological polar surface area (TPSA) is 46.2 Å². The minimum Gasteiger partial charge on any atom is -0.420 e. The van der Waals surface area contributed by atoms with Crippen LogP contribution in [0.25, 0.3) is 0 Å². The average Bonchev–Trinajstić information content (AvgIpc) is 1.35. The lowest BCUT2D eigenvalue weighted by Gasteiger charge is -1.82. The number of hydrogen-bond acceptors (Lipinski definition) is 2. The summed E-state index contributed by atoms with van der Waals surface area (Å²) in [5, 5.41) is 9.24. The molecular formula is C2H2BrO3. The van der Waals surface area contributed by atoms with Gasteiger partial charge in [0.1, 0.15) is 5.52 Å². The number of halogens is 1. The Morgan fingerprint density at radius 1 is 1.83 bits per heavy atom. The molecule has 0 aliphatic rings. The molecule has 0 rings (SSSR count). The summed E-state index contributed by atoms with van der Waals surface area (Å²) in [5.41, 5.74) is -0.0185. The van der Waals surface area contributed by atoms with Crippen LogP contribution in [0.2, 0.25) is 0 Å². The van der Waals surface area contributed by atoms with Gasteiger partial charge in [-0.25, -0.2) is 0 Å². The smallest absolute Gasteiger partial charge is 0.420 e. The molecule has 0 aromatic rings. The van der Waals surface area contributed by atoms with Gasteiger partial charge in [0.2, 0.25) is 0 Å². The van der Waals surface area contributed by atoms with Crippen LogP contribution in [0.15, 0.2) is 0 Å². The number of alkyl halides is 1. The van der Waals surface area contributed by atoms with Crippen molar-refractivity contribution < 1.29 is 14.6 Å². The molecule has 0 aromatic carbocycles. The minimum absolute atomic E-state index is 0.0185. The molecule has 4 heteroatoms. The van der Waals surface area contributed by atoms with Crippen molar-refractivity contribution in [2.24, 2.45) is 0 Å². The molecule has 35 valence electrons. The van der Waals surface area contributed by atoms with E-state index in [9.17, 15) is 9.90 Å². The molecule has 0 heterocycles. The van der Waals surface area contributed by atoms with Crippen LogP contribution in [0.4, 0.5) is 4.79 Å². The van der Waals surface area contributed by atoms with E-state index in [4.69, 9.17) is 0 Å². The second-order valence-corrected chi connectivity index (χ2v) is 0.961. The number of carbonyl (C=O) groups excluding carboxylic acids is 1. The van der Waals surface area contributed by atoms with Crippen LogP contribution in [0.5, 0.6) is 0 Å². The third kappa shape index (κ3) is 3.75. The third-order valence-electron chi connectivity index (χ3n) is 0.172. The molecule has 0 aliphatic heterocycles. The van der Waals surface area contributed by atoms with E-state index in [1.807, 2.05) is 0 Å². The first-order valence-electron chi connectivity index (χ1n) is 1.17. The molecule has 0 saturated heterocycles. The van der Waals surface area contributed by atoms with Crippen molar-refractivity contribution in [2.45, 2.75) is 0 Å². The Kier molecular flexibility index (Phi) is 2.84. The van der Waals surface area contributed by atoms with Crippen molar-refractivity contribution in [3.8, 4) is 0 Å². The fraction of sp³-hybridized carbons (Fsp3) is 0.500. The molecule has 0 unspecified atom stereocenters. The molecular weight excluding hydrogens is 152 g/mol. The van der Waals surface area contributed by atoms with Gasteiger partial charge < -0.3 is 4.74 Å². The van der Waals surface area contributed by atoms with Gasteiger partial charge in [0, 0.05) is 0 Å². The van der Waals surface area contributed by atoms with E-state index in [1.54, 1.807) is 0 Å². The van der Waals surface area contributed by atoms with Crippen LogP contribution < -0.4 is 0 Å². The van der Waals surface area contributed by atoms with Crippen molar-refractivity contribution in [3.63, 3.8) is 0 Å². The highest BCUT2D eigenvalue weighted by Crippen LogP contribution is 1.81. The highest BCUT2D eigenvalue weighted by Gasteiger charge is 1.91. The largest absolute Gasteiger partial charge is 0.550 e. The standard InChI is InChI=1S/C2H2BrO3/c3-1-6-2(4)5/h1H2. The first-order valence-corrected chi connectivity index (χ1v) is 2.29. The fourth-order valence-electron chi connectivity index (χ4n) is 0.0445. The Balaban J connectivity index is 2.83. The number of rotatable bonds is 1. The Morgan fingerprint density at radius 3 is 2.33 bits per heavy atom. The van der Waals surface area contributed by atoms with Crippen molar-refractivity contribution in [2.75, 3.05) is 5.52 Å². The highest BCUT2D eigenvalue weighted by molar-refractivity contribution is 9.09. The normalized spacial score (nSPS) is 7.50. The zero-order valence-corrected chi connectivity index (χ0v) is 4.40. The zero-order valence-electron chi connectivity index (χ0n) is 2.81. The van der Waals surface area contributed by atoms with E-state index in [2.05, 4.69) is 20.7 Å². The lowest BCUT2D eigenvalue weighted by Crippen LogP contribution is -1.93. The van der Waals surface area contributed by atoms with Gasteiger partial charge in [-0.1, -0.05) is 0 Å². The van der Waals surface area contributed by atoms with E-state index >= 15 is 0 Å². The predicted molar refractivity (Wildman–Crippen MR) is 21.0 cm³/mol.